The molecule has 3 heterocycles. The Labute approximate surface area is 164 Å². The lowest BCUT2D eigenvalue weighted by Crippen LogP contribution is -2.42. The van der Waals surface area contributed by atoms with Gasteiger partial charge in [0.1, 0.15) is 11.2 Å². The molecule has 0 spiro atoms. The minimum atomic E-state index is -0.308. The molecule has 1 saturated carbocycles. The molecule has 1 aliphatic carbocycles. The maximum Gasteiger partial charge on any atom is 0.343 e. The monoisotopic (exact) mass is 405 g/mol. The zero-order valence-electron chi connectivity index (χ0n) is 15.9. The molecule has 0 radical (unpaired) electrons. The van der Waals surface area contributed by atoms with Crippen molar-refractivity contribution in [2.75, 3.05) is 13.7 Å². The molecule has 1 N–H and O–H groups in total. The molecule has 3 aromatic rings. The van der Waals surface area contributed by atoms with Crippen molar-refractivity contribution in [1.82, 2.24) is 23.9 Å². The van der Waals surface area contributed by atoms with Crippen molar-refractivity contribution in [2.45, 2.75) is 51.7 Å². The quantitative estimate of drug-likeness (QED) is 0.664. The van der Waals surface area contributed by atoms with Crippen LogP contribution in [0.3, 0.4) is 0 Å². The third-order valence-electron chi connectivity index (χ3n) is 5.46. The zero-order valence-corrected chi connectivity index (χ0v) is 16.8. The molecule has 0 unspecified atom stereocenters. The lowest BCUT2D eigenvalue weighted by molar-refractivity contribution is 0.186. The minimum absolute atomic E-state index is 0.0464. The van der Waals surface area contributed by atoms with E-state index in [9.17, 15) is 14.4 Å². The molecule has 0 saturated heterocycles. The van der Waals surface area contributed by atoms with E-state index in [2.05, 4.69) is 10.1 Å². The first kappa shape index (κ1) is 18.9. The molecule has 1 aliphatic rings. The molecule has 4 rings (SSSR count). The number of aromatic amines is 1. The number of H-pyrrole nitrogens is 1. The van der Waals surface area contributed by atoms with E-state index in [0.29, 0.717) is 23.4 Å². The highest BCUT2D eigenvalue weighted by molar-refractivity contribution is 7.18. The van der Waals surface area contributed by atoms with Gasteiger partial charge in [-0.3, -0.25) is 18.9 Å². The van der Waals surface area contributed by atoms with Gasteiger partial charge in [0, 0.05) is 18.0 Å². The Morgan fingerprint density at radius 1 is 1.29 bits per heavy atom. The van der Waals surface area contributed by atoms with Crippen molar-refractivity contribution in [1.29, 1.82) is 0 Å². The third-order valence-corrected chi connectivity index (χ3v) is 6.76. The van der Waals surface area contributed by atoms with E-state index in [1.807, 2.05) is 6.92 Å². The fourth-order valence-electron chi connectivity index (χ4n) is 3.95. The summed E-state index contributed by atoms with van der Waals surface area (Å²) in [5, 5.41) is 4.56. The van der Waals surface area contributed by atoms with E-state index >= 15 is 0 Å². The van der Waals surface area contributed by atoms with E-state index in [0.717, 1.165) is 36.1 Å². The first-order valence-corrected chi connectivity index (χ1v) is 10.2. The van der Waals surface area contributed by atoms with E-state index < -0.39 is 0 Å². The average molecular weight is 405 g/mol. The summed E-state index contributed by atoms with van der Waals surface area (Å²) >= 11 is 1.37. The highest BCUT2D eigenvalue weighted by Gasteiger charge is 2.26. The van der Waals surface area contributed by atoms with Crippen LogP contribution in [0.25, 0.3) is 10.2 Å². The smallest absolute Gasteiger partial charge is 0.343 e. The van der Waals surface area contributed by atoms with Crippen LogP contribution in [-0.4, -0.2) is 37.6 Å². The predicted molar refractivity (Wildman–Crippen MR) is 106 cm³/mol. The van der Waals surface area contributed by atoms with Gasteiger partial charge in [0.05, 0.1) is 25.1 Å². The van der Waals surface area contributed by atoms with E-state index in [-0.39, 0.29) is 29.5 Å². The summed E-state index contributed by atoms with van der Waals surface area (Å²) in [5.41, 5.74) is -0.00376. The van der Waals surface area contributed by atoms with Crippen molar-refractivity contribution in [3.63, 3.8) is 0 Å². The Balaban J connectivity index is 1.94. The first-order valence-electron chi connectivity index (χ1n) is 9.39. The predicted octanol–water partition coefficient (Wildman–Crippen LogP) is 1.23. The van der Waals surface area contributed by atoms with Crippen molar-refractivity contribution < 1.29 is 4.74 Å². The maximum absolute atomic E-state index is 13.3. The van der Waals surface area contributed by atoms with Crippen LogP contribution in [0, 0.1) is 6.92 Å². The molecular weight excluding hydrogens is 382 g/mol. The molecule has 0 amide bonds. The van der Waals surface area contributed by atoms with Gasteiger partial charge < -0.3 is 4.74 Å². The zero-order chi connectivity index (χ0) is 19.8. The van der Waals surface area contributed by atoms with E-state index in [1.54, 1.807) is 11.7 Å². The molecule has 10 heteroatoms. The Morgan fingerprint density at radius 2 is 2.04 bits per heavy atom. The second-order valence-corrected chi connectivity index (χ2v) is 8.21. The second kappa shape index (κ2) is 7.51. The number of nitrogens with one attached hydrogen (secondary N) is 1. The Hall–Kier alpha value is -2.46. The van der Waals surface area contributed by atoms with Gasteiger partial charge in [0.25, 0.3) is 5.56 Å². The number of aryl methyl sites for hydroxylation is 1. The summed E-state index contributed by atoms with van der Waals surface area (Å²) in [7, 11) is 1.59. The number of hydrogen-bond donors (Lipinski definition) is 1. The summed E-state index contributed by atoms with van der Waals surface area (Å²) in [6, 6.07) is -0.0464. The third kappa shape index (κ3) is 3.06. The molecular formula is C18H23N5O4S. The number of fused-ring (bicyclic) bond motifs is 1. The molecule has 0 bridgehead atoms. The lowest BCUT2D eigenvalue weighted by Gasteiger charge is -2.16. The van der Waals surface area contributed by atoms with Crippen LogP contribution in [0.2, 0.25) is 0 Å². The van der Waals surface area contributed by atoms with Crippen molar-refractivity contribution in [2.24, 2.45) is 0 Å². The van der Waals surface area contributed by atoms with Gasteiger partial charge >= 0.3 is 11.4 Å². The van der Waals surface area contributed by atoms with Crippen LogP contribution in [0.5, 0.6) is 0 Å². The molecule has 1 fully saturated rings. The highest BCUT2D eigenvalue weighted by atomic mass is 32.1. The molecule has 0 aromatic carbocycles. The summed E-state index contributed by atoms with van der Waals surface area (Å²) in [6.07, 6.45) is 5.10. The van der Waals surface area contributed by atoms with Gasteiger partial charge in [-0.1, -0.05) is 12.8 Å². The van der Waals surface area contributed by atoms with Crippen LogP contribution in [0.15, 0.2) is 20.7 Å². The maximum atomic E-state index is 13.3. The summed E-state index contributed by atoms with van der Waals surface area (Å²) in [5.74, 6) is 0. The summed E-state index contributed by atoms with van der Waals surface area (Å²) in [4.78, 5) is 42.3. The minimum Gasteiger partial charge on any atom is -0.383 e. The van der Waals surface area contributed by atoms with Gasteiger partial charge in [0.2, 0.25) is 0 Å². The number of rotatable bonds is 6. The Kier molecular flexibility index (Phi) is 5.07. The SMILES string of the molecule is COCCn1c(=O)n(C2CCCC2)c(=O)c2c(C)c(Cn3nc[nH]c3=O)sc21. The number of thiophene rings is 1. The van der Waals surface area contributed by atoms with Crippen LogP contribution >= 0.6 is 11.3 Å². The van der Waals surface area contributed by atoms with Crippen LogP contribution < -0.4 is 16.9 Å². The number of aromatic nitrogens is 5. The molecule has 28 heavy (non-hydrogen) atoms. The lowest BCUT2D eigenvalue weighted by atomic mass is 10.2. The summed E-state index contributed by atoms with van der Waals surface area (Å²) in [6.45, 7) is 2.88. The standard InChI is InChI=1S/C18H23N5O4S/c1-11-13(9-22-17(25)19-10-20-22)28-16-14(11)15(24)23(12-5-3-4-6-12)18(26)21(16)7-8-27-2/h10,12H,3-9H2,1-2H3,(H,19,20,25). The fourth-order valence-corrected chi connectivity index (χ4v) is 5.25. The summed E-state index contributed by atoms with van der Waals surface area (Å²) < 4.78 is 9.58. The van der Waals surface area contributed by atoms with Gasteiger partial charge in [-0.15, -0.1) is 11.3 Å². The van der Waals surface area contributed by atoms with Gasteiger partial charge in [0.15, 0.2) is 0 Å². The molecule has 3 aromatic heterocycles. The van der Waals surface area contributed by atoms with E-state index in [1.165, 1.54) is 26.9 Å². The molecule has 150 valence electrons. The van der Waals surface area contributed by atoms with Gasteiger partial charge in [-0.05, 0) is 25.3 Å². The van der Waals surface area contributed by atoms with E-state index in [4.69, 9.17) is 4.74 Å². The van der Waals surface area contributed by atoms with Crippen LogP contribution in [-0.2, 0) is 17.8 Å². The number of methoxy groups -OCH3 is 1. The average Bonchev–Trinajstić information content (AvgIpc) is 3.39. The Morgan fingerprint density at radius 3 is 2.68 bits per heavy atom. The largest absolute Gasteiger partial charge is 0.383 e. The highest BCUT2D eigenvalue weighted by Crippen LogP contribution is 2.31. The normalized spacial score (nSPS) is 15.1. The number of nitrogens with zero attached hydrogens (tertiary/aromatic N) is 4. The molecule has 9 nitrogen and oxygen atoms in total. The number of ether oxygens (including phenoxy) is 1. The van der Waals surface area contributed by atoms with Gasteiger partial charge in [-0.2, -0.15) is 5.10 Å². The van der Waals surface area contributed by atoms with Crippen molar-refractivity contribution in [3.05, 3.63) is 48.1 Å². The van der Waals surface area contributed by atoms with Crippen LogP contribution in [0.4, 0.5) is 0 Å². The van der Waals surface area contributed by atoms with Crippen LogP contribution in [0.1, 0.15) is 42.2 Å². The Bertz CT molecular complexity index is 1180. The molecule has 0 aliphatic heterocycles. The molecule has 0 atom stereocenters. The fraction of sp³-hybridized carbons (Fsp3) is 0.556. The van der Waals surface area contributed by atoms with Gasteiger partial charge in [-0.25, -0.2) is 14.3 Å². The number of hydrogen-bond acceptors (Lipinski definition) is 6. The topological polar surface area (TPSA) is 104 Å². The second-order valence-electron chi connectivity index (χ2n) is 7.12. The van der Waals surface area contributed by atoms with Crippen molar-refractivity contribution in [3.8, 4) is 0 Å². The van der Waals surface area contributed by atoms with Crippen molar-refractivity contribution >= 4 is 21.6 Å². The first-order chi connectivity index (χ1) is 13.5.